The van der Waals surface area contributed by atoms with Crippen molar-refractivity contribution in [1.82, 2.24) is 19.6 Å². The average Bonchev–Trinajstić information content (AvgIpc) is 3.24. The van der Waals surface area contributed by atoms with Crippen LogP contribution in [0, 0.1) is 0 Å². The van der Waals surface area contributed by atoms with E-state index in [0.717, 1.165) is 17.5 Å². The summed E-state index contributed by atoms with van der Waals surface area (Å²) in [4.78, 5) is 27.2. The second-order valence-electron chi connectivity index (χ2n) is 6.82. The molecule has 4 rings (SSSR count). The van der Waals surface area contributed by atoms with Gasteiger partial charge in [-0.2, -0.15) is 18.3 Å². The van der Waals surface area contributed by atoms with Crippen molar-refractivity contribution in [2.24, 2.45) is 0 Å². The van der Waals surface area contributed by atoms with Gasteiger partial charge in [0.2, 0.25) is 0 Å². The zero-order valence-electron chi connectivity index (χ0n) is 13.8. The van der Waals surface area contributed by atoms with Gasteiger partial charge in [0.1, 0.15) is 13.2 Å². The fourth-order valence-corrected chi connectivity index (χ4v) is 3.32. The van der Waals surface area contributed by atoms with Crippen LogP contribution in [0.5, 0.6) is 0 Å². The van der Waals surface area contributed by atoms with Crippen molar-refractivity contribution in [2.75, 3.05) is 31.6 Å². The molecule has 0 aromatic carbocycles. The molecule has 3 heterocycles. The van der Waals surface area contributed by atoms with Gasteiger partial charge < -0.3 is 15.0 Å². The minimum Gasteiger partial charge on any atom is -0.447 e. The predicted molar refractivity (Wildman–Crippen MR) is 82.7 cm³/mol. The van der Waals surface area contributed by atoms with Crippen molar-refractivity contribution in [3.8, 4) is 0 Å². The number of ether oxygens (including phenoxy) is 1. The lowest BCUT2D eigenvalue weighted by atomic mass is 10.2. The first-order chi connectivity index (χ1) is 12.3. The minimum atomic E-state index is -4.38. The van der Waals surface area contributed by atoms with E-state index in [2.05, 4.69) is 10.4 Å². The van der Waals surface area contributed by atoms with Crippen molar-refractivity contribution in [1.29, 1.82) is 0 Å². The number of rotatable bonds is 3. The number of alkyl halides is 3. The Bertz CT molecular complexity index is 731. The SMILES string of the molecule is O=C(Nc1cn(CC(F)(F)F)nc1C1CC1)N1CCN2C(=O)OCC2C1. The van der Waals surface area contributed by atoms with Gasteiger partial charge in [-0.05, 0) is 12.8 Å². The van der Waals surface area contributed by atoms with Crippen molar-refractivity contribution < 1.29 is 27.5 Å². The molecule has 0 radical (unpaired) electrons. The molecule has 1 aromatic heterocycles. The smallest absolute Gasteiger partial charge is 0.410 e. The molecule has 2 aliphatic heterocycles. The Morgan fingerprint density at radius 1 is 1.35 bits per heavy atom. The molecule has 3 fully saturated rings. The highest BCUT2D eigenvalue weighted by Gasteiger charge is 2.39. The normalized spacial score (nSPS) is 23.0. The van der Waals surface area contributed by atoms with Crippen LogP contribution in [0.3, 0.4) is 0 Å². The number of anilines is 1. The summed E-state index contributed by atoms with van der Waals surface area (Å²) in [6.45, 7) is 0.0852. The van der Waals surface area contributed by atoms with Crippen LogP contribution in [0.1, 0.15) is 24.5 Å². The van der Waals surface area contributed by atoms with E-state index in [0.29, 0.717) is 31.0 Å². The molecule has 1 unspecified atom stereocenters. The van der Waals surface area contributed by atoms with Crippen LogP contribution in [0.15, 0.2) is 6.20 Å². The third kappa shape index (κ3) is 3.42. The topological polar surface area (TPSA) is 79.7 Å². The van der Waals surface area contributed by atoms with Crippen molar-refractivity contribution >= 4 is 17.8 Å². The number of aromatic nitrogens is 2. The standard InChI is InChI=1S/C15H18F3N5O3/c16-15(17,18)8-22-6-11(12(20-22)9-1-2-9)19-13(24)21-3-4-23-10(5-21)7-26-14(23)25/h6,9-10H,1-5,7-8H2,(H,19,24). The summed E-state index contributed by atoms with van der Waals surface area (Å²) in [5.41, 5.74) is 0.823. The van der Waals surface area contributed by atoms with E-state index in [-0.39, 0.29) is 24.7 Å². The fourth-order valence-electron chi connectivity index (χ4n) is 3.32. The Morgan fingerprint density at radius 3 is 2.81 bits per heavy atom. The second kappa shape index (κ2) is 6.06. The zero-order chi connectivity index (χ0) is 18.5. The van der Waals surface area contributed by atoms with Gasteiger partial charge in [0.25, 0.3) is 0 Å². The molecule has 8 nitrogen and oxygen atoms in total. The van der Waals surface area contributed by atoms with E-state index in [4.69, 9.17) is 4.74 Å². The number of carbonyl (C=O) groups excluding carboxylic acids is 2. The number of piperazine rings is 1. The molecular formula is C15H18F3N5O3. The molecular weight excluding hydrogens is 355 g/mol. The first-order valence-corrected chi connectivity index (χ1v) is 8.43. The van der Waals surface area contributed by atoms with Crippen LogP contribution in [-0.2, 0) is 11.3 Å². The van der Waals surface area contributed by atoms with E-state index < -0.39 is 18.8 Å². The summed E-state index contributed by atoms with van der Waals surface area (Å²) in [6, 6.07) is -0.588. The van der Waals surface area contributed by atoms with Gasteiger partial charge in [0.15, 0.2) is 0 Å². The zero-order valence-corrected chi connectivity index (χ0v) is 13.8. The molecule has 3 amide bonds. The number of cyclic esters (lactones) is 1. The lowest BCUT2D eigenvalue weighted by Gasteiger charge is -2.35. The molecule has 1 saturated carbocycles. The van der Waals surface area contributed by atoms with Gasteiger partial charge in [-0.1, -0.05) is 0 Å². The largest absolute Gasteiger partial charge is 0.447 e. The number of hydrogen-bond donors (Lipinski definition) is 1. The number of amides is 3. The van der Waals surface area contributed by atoms with Gasteiger partial charge in [0, 0.05) is 31.7 Å². The third-order valence-electron chi connectivity index (χ3n) is 4.74. The lowest BCUT2D eigenvalue weighted by molar-refractivity contribution is -0.142. The van der Waals surface area contributed by atoms with Gasteiger partial charge in [-0.3, -0.25) is 9.58 Å². The predicted octanol–water partition coefficient (Wildman–Crippen LogP) is 1.99. The average molecular weight is 373 g/mol. The molecule has 142 valence electrons. The number of fused-ring (bicyclic) bond motifs is 1. The van der Waals surface area contributed by atoms with E-state index in [1.54, 1.807) is 9.80 Å². The minimum absolute atomic E-state index is 0.0949. The molecule has 0 spiro atoms. The highest BCUT2D eigenvalue weighted by atomic mass is 19.4. The Hall–Kier alpha value is -2.46. The first kappa shape index (κ1) is 17.0. The number of urea groups is 1. The van der Waals surface area contributed by atoms with E-state index in [1.165, 1.54) is 6.20 Å². The number of nitrogens with one attached hydrogen (secondary N) is 1. The Balaban J connectivity index is 1.45. The number of nitrogens with zero attached hydrogens (tertiary/aromatic N) is 4. The van der Waals surface area contributed by atoms with Crippen molar-refractivity contribution in [3.05, 3.63) is 11.9 Å². The second-order valence-corrected chi connectivity index (χ2v) is 6.82. The molecule has 26 heavy (non-hydrogen) atoms. The molecule has 1 atom stereocenters. The van der Waals surface area contributed by atoms with Crippen LogP contribution in [0.2, 0.25) is 0 Å². The van der Waals surface area contributed by atoms with Gasteiger partial charge in [-0.15, -0.1) is 0 Å². The number of halogens is 3. The van der Waals surface area contributed by atoms with Crippen LogP contribution >= 0.6 is 0 Å². The summed E-state index contributed by atoms with van der Waals surface area (Å²) in [5, 5.41) is 6.70. The van der Waals surface area contributed by atoms with Crippen molar-refractivity contribution in [2.45, 2.75) is 37.5 Å². The van der Waals surface area contributed by atoms with Gasteiger partial charge in [0.05, 0.1) is 17.4 Å². The van der Waals surface area contributed by atoms with Crippen LogP contribution in [0.25, 0.3) is 0 Å². The molecule has 3 aliphatic rings. The van der Waals surface area contributed by atoms with E-state index in [9.17, 15) is 22.8 Å². The van der Waals surface area contributed by atoms with Crippen LogP contribution in [-0.4, -0.2) is 70.2 Å². The molecule has 2 saturated heterocycles. The monoisotopic (exact) mass is 373 g/mol. The van der Waals surface area contributed by atoms with Crippen LogP contribution in [0.4, 0.5) is 28.4 Å². The van der Waals surface area contributed by atoms with Gasteiger partial charge in [-0.25, -0.2) is 9.59 Å². The summed E-state index contributed by atoms with van der Waals surface area (Å²) >= 11 is 0. The number of carbonyl (C=O) groups is 2. The summed E-state index contributed by atoms with van der Waals surface area (Å²) in [6.07, 6.45) is -1.81. The lowest BCUT2D eigenvalue weighted by Crippen LogP contribution is -2.54. The molecule has 1 N–H and O–H groups in total. The first-order valence-electron chi connectivity index (χ1n) is 8.43. The maximum absolute atomic E-state index is 12.6. The molecule has 11 heteroatoms. The van der Waals surface area contributed by atoms with Crippen LogP contribution < -0.4 is 5.32 Å². The number of hydrogen-bond acceptors (Lipinski definition) is 4. The van der Waals surface area contributed by atoms with Gasteiger partial charge >= 0.3 is 18.3 Å². The molecule has 1 aromatic rings. The highest BCUT2D eigenvalue weighted by molar-refractivity contribution is 5.90. The Morgan fingerprint density at radius 2 is 2.12 bits per heavy atom. The summed E-state index contributed by atoms with van der Waals surface area (Å²) < 4.78 is 43.6. The Labute approximate surface area is 146 Å². The Kier molecular flexibility index (Phi) is 3.96. The summed E-state index contributed by atoms with van der Waals surface area (Å²) in [5.74, 6) is 0.0949. The molecule has 1 aliphatic carbocycles. The fraction of sp³-hybridized carbons (Fsp3) is 0.667. The molecule has 0 bridgehead atoms. The third-order valence-corrected chi connectivity index (χ3v) is 4.74. The van der Waals surface area contributed by atoms with Crippen molar-refractivity contribution in [3.63, 3.8) is 0 Å². The quantitative estimate of drug-likeness (QED) is 0.879. The van der Waals surface area contributed by atoms with E-state index in [1.807, 2.05) is 0 Å². The summed E-state index contributed by atoms with van der Waals surface area (Å²) in [7, 11) is 0. The maximum Gasteiger partial charge on any atom is 0.410 e. The van der Waals surface area contributed by atoms with E-state index >= 15 is 0 Å². The maximum atomic E-state index is 12.6. The highest BCUT2D eigenvalue weighted by Crippen LogP contribution is 2.42.